The number of carbonyl (C=O) groups is 1. The van der Waals surface area contributed by atoms with Gasteiger partial charge in [-0.05, 0) is 131 Å². The minimum Gasteiger partial charge on any atom is -0.508 e. The van der Waals surface area contributed by atoms with Gasteiger partial charge in [-0.3, -0.25) is 14.6 Å². The summed E-state index contributed by atoms with van der Waals surface area (Å²) in [5.74, 6) is 12.8. The Kier molecular flexibility index (Phi) is 13.5. The van der Waals surface area contributed by atoms with E-state index in [2.05, 4.69) is 48.7 Å². The zero-order valence-corrected chi connectivity index (χ0v) is 39.9. The van der Waals surface area contributed by atoms with Crippen LogP contribution in [0.15, 0.2) is 146 Å². The topological polar surface area (TPSA) is 174 Å². The van der Waals surface area contributed by atoms with Crippen LogP contribution < -0.4 is 19.8 Å². The molecule has 6 aromatic carbocycles. The minimum absolute atomic E-state index is 0.0281. The van der Waals surface area contributed by atoms with E-state index in [9.17, 15) is 23.4 Å². The lowest BCUT2D eigenvalue weighted by Crippen LogP contribution is -2.46. The molecule has 0 unspecified atom stereocenters. The smallest absolute Gasteiger partial charge is 0.222 e. The van der Waals surface area contributed by atoms with Gasteiger partial charge in [-0.1, -0.05) is 71.7 Å². The van der Waals surface area contributed by atoms with E-state index in [0.29, 0.717) is 55.3 Å². The number of sulfonamides is 1. The number of halogens is 1. The number of amides is 1. The largest absolute Gasteiger partial charge is 0.508 e. The first kappa shape index (κ1) is 47.5. The highest BCUT2D eigenvalue weighted by atomic mass is 35.5. The fraction of sp³-hybridized carbons (Fsp3) is 0.167. The number of hydrogen-bond donors (Lipinski definition) is 4. The van der Waals surface area contributed by atoms with Gasteiger partial charge in [-0.25, -0.2) is 28.4 Å². The van der Waals surface area contributed by atoms with Crippen LogP contribution in [0.3, 0.4) is 0 Å². The van der Waals surface area contributed by atoms with Gasteiger partial charge in [0.1, 0.15) is 35.8 Å². The van der Waals surface area contributed by atoms with Gasteiger partial charge in [0.15, 0.2) is 0 Å². The highest BCUT2D eigenvalue weighted by molar-refractivity contribution is 7.89. The molecule has 0 aliphatic heterocycles. The highest BCUT2D eigenvalue weighted by Gasteiger charge is 2.26. The molecule has 13 nitrogen and oxygen atoms in total. The van der Waals surface area contributed by atoms with Crippen molar-refractivity contribution < 1.29 is 23.4 Å². The lowest BCUT2D eigenvalue weighted by atomic mass is 10.0. The van der Waals surface area contributed by atoms with Crippen LogP contribution in [-0.4, -0.2) is 61.3 Å². The summed E-state index contributed by atoms with van der Waals surface area (Å²) in [4.78, 5) is 35.4. The normalized spacial score (nSPS) is 11.6. The van der Waals surface area contributed by atoms with Gasteiger partial charge < -0.3 is 15.5 Å². The van der Waals surface area contributed by atoms with Crippen molar-refractivity contribution in [1.82, 2.24) is 30.0 Å². The predicted molar refractivity (Wildman–Crippen MR) is 273 cm³/mol. The summed E-state index contributed by atoms with van der Waals surface area (Å²) in [5, 5.41) is 24.8. The Morgan fingerprint density at radius 2 is 1.13 bits per heavy atom. The molecule has 4 N–H and O–H groups in total. The fourth-order valence-corrected chi connectivity index (χ4v) is 9.31. The first-order chi connectivity index (χ1) is 32.9. The number of nitrogens with one attached hydrogen (secondary N) is 2. The van der Waals surface area contributed by atoms with Crippen molar-refractivity contribution in [3.63, 3.8) is 0 Å². The summed E-state index contributed by atoms with van der Waals surface area (Å²) in [7, 11) is -3.98. The van der Waals surface area contributed by atoms with Gasteiger partial charge in [0.25, 0.3) is 0 Å². The molecule has 0 saturated heterocycles. The monoisotopic (exact) mass is 954 g/mol. The number of phenols is 2. The van der Waals surface area contributed by atoms with Crippen LogP contribution in [0.4, 0.5) is 34.4 Å². The van der Waals surface area contributed by atoms with E-state index in [1.165, 1.54) is 18.7 Å². The fourth-order valence-electron chi connectivity index (χ4n) is 7.66. The summed E-state index contributed by atoms with van der Waals surface area (Å²) < 4.78 is 29.4. The Hall–Kier alpha value is -8.01. The van der Waals surface area contributed by atoms with Gasteiger partial charge in [0.05, 0.1) is 44.3 Å². The van der Waals surface area contributed by atoms with Crippen molar-refractivity contribution in [2.45, 2.75) is 52.1 Å². The van der Waals surface area contributed by atoms with Crippen LogP contribution >= 0.6 is 11.6 Å². The molecule has 0 saturated carbocycles. The molecular formula is C54H47ClN8O5S. The molecule has 8 rings (SSSR count). The predicted octanol–water partition coefficient (Wildman–Crippen LogP) is 10.3. The molecule has 0 aliphatic carbocycles. The van der Waals surface area contributed by atoms with Crippen molar-refractivity contribution in [1.29, 1.82) is 0 Å². The molecule has 346 valence electrons. The van der Waals surface area contributed by atoms with Crippen molar-refractivity contribution in [2.75, 3.05) is 15.6 Å². The number of anilines is 6. The Balaban J connectivity index is 0.952. The summed E-state index contributed by atoms with van der Waals surface area (Å²) in [6, 6.07) is 40.2. The minimum atomic E-state index is -3.98. The van der Waals surface area contributed by atoms with Gasteiger partial charge in [0.2, 0.25) is 15.9 Å². The molecule has 0 atom stereocenters. The quantitative estimate of drug-likeness (QED) is 0.0859. The van der Waals surface area contributed by atoms with Crippen molar-refractivity contribution in [2.24, 2.45) is 0 Å². The van der Waals surface area contributed by atoms with Gasteiger partial charge >= 0.3 is 0 Å². The van der Waals surface area contributed by atoms with E-state index in [-0.39, 0.29) is 17.9 Å². The first-order valence-electron chi connectivity index (χ1n) is 21.8. The van der Waals surface area contributed by atoms with E-state index in [1.54, 1.807) is 52.0 Å². The second-order valence-electron chi connectivity index (χ2n) is 17.3. The van der Waals surface area contributed by atoms with Crippen molar-refractivity contribution >= 4 is 83.7 Å². The molecule has 0 spiro atoms. The highest BCUT2D eigenvalue weighted by Crippen LogP contribution is 2.42. The van der Waals surface area contributed by atoms with E-state index < -0.39 is 32.8 Å². The second-order valence-corrected chi connectivity index (χ2v) is 19.5. The standard InChI is InChI=1S/C54H47ClN8O5S/c1-36-30-41(64)18-22-48(36)62(39-12-8-6-9-13-39)51-43-32-38(17-21-46(43)56-34-58-51)25-28-54(4,5)61-69(67,68)29-26-50(66)60-53(2,3)27-24-37-16-20-47-44(31-37)52(59-35-57-47)63(40-14-10-7-11-15-40)49-23-19-42(65)33-45(49)55/h6-23,30-35,61,64-65H,26,29H2,1-5H3,(H,60,66). The third-order valence-electron chi connectivity index (χ3n) is 10.8. The molecule has 0 bridgehead atoms. The molecule has 0 fully saturated rings. The molecule has 0 radical (unpaired) electrons. The van der Waals surface area contributed by atoms with Crippen LogP contribution in [-0.2, 0) is 14.8 Å². The number of phenolic OH excluding ortho intramolecular Hbond substituents is 2. The Morgan fingerprint density at radius 3 is 1.65 bits per heavy atom. The van der Waals surface area contributed by atoms with Crippen LogP contribution in [0.1, 0.15) is 50.8 Å². The number of rotatable bonds is 12. The van der Waals surface area contributed by atoms with E-state index in [4.69, 9.17) is 16.6 Å². The Morgan fingerprint density at radius 1 is 0.638 bits per heavy atom. The van der Waals surface area contributed by atoms with Gasteiger partial charge in [0, 0.05) is 45.8 Å². The molecule has 1 amide bonds. The lowest BCUT2D eigenvalue weighted by Gasteiger charge is -2.26. The maximum Gasteiger partial charge on any atom is 0.222 e. The maximum atomic E-state index is 13.4. The second kappa shape index (κ2) is 19.7. The Bertz CT molecular complexity index is 3480. The average molecular weight is 956 g/mol. The number of aryl methyl sites for hydroxylation is 1. The maximum absolute atomic E-state index is 13.4. The van der Waals surface area contributed by atoms with Crippen molar-refractivity contribution in [3.8, 4) is 35.2 Å². The summed E-state index contributed by atoms with van der Waals surface area (Å²) in [5.41, 5.74) is 4.19. The molecule has 15 heteroatoms. The van der Waals surface area contributed by atoms with Crippen molar-refractivity contribution in [3.05, 3.63) is 168 Å². The number of hydrogen-bond acceptors (Lipinski definition) is 11. The number of para-hydroxylation sites is 2. The van der Waals surface area contributed by atoms with Crippen LogP contribution in [0.25, 0.3) is 21.8 Å². The SMILES string of the molecule is Cc1cc(O)ccc1N(c1ccccc1)c1ncnc2ccc(C#CC(C)(C)NS(=O)(=O)CCC(=O)NC(C)(C)C#Cc3ccc4ncnc(N(c5ccccc5)c5ccc(O)cc5Cl)c4c3)cc12. The Labute approximate surface area is 405 Å². The molecule has 2 aromatic heterocycles. The third-order valence-corrected chi connectivity index (χ3v) is 12.6. The molecule has 0 aliphatic rings. The van der Waals surface area contributed by atoms with Gasteiger partial charge in [-0.15, -0.1) is 0 Å². The molecule has 8 aromatic rings. The first-order valence-corrected chi connectivity index (χ1v) is 23.8. The van der Waals surface area contributed by atoms with E-state index in [1.807, 2.05) is 120 Å². The number of benzene rings is 6. The van der Waals surface area contributed by atoms with Crippen LogP contribution in [0, 0.1) is 30.6 Å². The molecular weight excluding hydrogens is 908 g/mol. The average Bonchev–Trinajstić information content (AvgIpc) is 3.31. The van der Waals surface area contributed by atoms with Crippen LogP contribution in [0.5, 0.6) is 11.5 Å². The number of fused-ring (bicyclic) bond motifs is 2. The zero-order valence-electron chi connectivity index (χ0n) is 38.4. The molecule has 2 heterocycles. The summed E-state index contributed by atoms with van der Waals surface area (Å²) >= 11 is 6.66. The number of nitrogens with zero attached hydrogens (tertiary/aromatic N) is 6. The third kappa shape index (κ3) is 11.4. The van der Waals surface area contributed by atoms with Crippen LogP contribution in [0.2, 0.25) is 5.02 Å². The van der Waals surface area contributed by atoms with E-state index in [0.717, 1.165) is 22.6 Å². The summed E-state index contributed by atoms with van der Waals surface area (Å²) in [6.07, 6.45) is 2.65. The number of aromatic hydroxyl groups is 2. The number of aromatic nitrogens is 4. The molecule has 69 heavy (non-hydrogen) atoms. The van der Waals surface area contributed by atoms with E-state index >= 15 is 0 Å². The van der Waals surface area contributed by atoms with Gasteiger partial charge in [-0.2, -0.15) is 4.72 Å². The lowest BCUT2D eigenvalue weighted by molar-refractivity contribution is -0.121. The number of carbonyl (C=O) groups excluding carboxylic acids is 1. The summed E-state index contributed by atoms with van der Waals surface area (Å²) in [6.45, 7) is 8.69. The zero-order chi connectivity index (χ0) is 48.9.